The number of carbonyl (C=O) groups excluding carboxylic acids is 1. The number of benzene rings is 1. The molecule has 0 unspecified atom stereocenters. The Morgan fingerprint density at radius 2 is 1.79 bits per heavy atom. The van der Waals surface area contributed by atoms with E-state index in [2.05, 4.69) is 5.32 Å². The molecule has 1 fully saturated rings. The molecule has 1 heterocycles. The molecule has 7 heteroatoms. The summed E-state index contributed by atoms with van der Waals surface area (Å²) in [6.07, 6.45) is -4.19. The van der Waals surface area contributed by atoms with Gasteiger partial charge in [-0.1, -0.05) is 18.2 Å². The molecule has 1 aliphatic heterocycles. The van der Waals surface area contributed by atoms with Crippen molar-refractivity contribution in [2.24, 2.45) is 0 Å². The summed E-state index contributed by atoms with van der Waals surface area (Å²) < 4.78 is 37.1. The fourth-order valence-corrected chi connectivity index (χ4v) is 2.76. The maximum atomic E-state index is 12.4. The molecule has 1 atom stereocenters. The monoisotopic (exact) mass is 343 g/mol. The third-order valence-corrected chi connectivity index (χ3v) is 4.43. The van der Waals surface area contributed by atoms with Crippen LogP contribution in [0.4, 0.5) is 18.0 Å². The number of rotatable bonds is 3. The third kappa shape index (κ3) is 5.12. The molecule has 134 valence electrons. The molecule has 24 heavy (non-hydrogen) atoms. The van der Waals surface area contributed by atoms with Crippen LogP contribution in [0.5, 0.6) is 0 Å². The molecule has 0 spiro atoms. The van der Waals surface area contributed by atoms with Gasteiger partial charge in [0.15, 0.2) is 0 Å². The predicted molar refractivity (Wildman–Crippen MR) is 86.9 cm³/mol. The number of carbonyl (C=O) groups is 1. The number of urea groups is 1. The number of halogens is 3. The van der Waals surface area contributed by atoms with Crippen LogP contribution in [0.3, 0.4) is 0 Å². The molecule has 1 N–H and O–H groups in total. The van der Waals surface area contributed by atoms with Crippen LogP contribution >= 0.6 is 0 Å². The van der Waals surface area contributed by atoms with E-state index in [1.807, 2.05) is 39.0 Å². The molecular weight excluding hydrogens is 319 g/mol. The lowest BCUT2D eigenvalue weighted by Crippen LogP contribution is -2.53. The van der Waals surface area contributed by atoms with E-state index in [0.717, 1.165) is 11.1 Å². The summed E-state index contributed by atoms with van der Waals surface area (Å²) in [5.74, 6) is 0. The second-order valence-electron chi connectivity index (χ2n) is 6.39. The van der Waals surface area contributed by atoms with Crippen LogP contribution in [0.15, 0.2) is 18.2 Å². The zero-order valence-corrected chi connectivity index (χ0v) is 14.3. The Hall–Kier alpha value is -1.76. The SMILES string of the molecule is Cc1ccc([C@@H](C)NC(=O)N2CCN(CC(F)(F)F)CC2)cc1C. The standard InChI is InChI=1S/C17H24F3N3O/c1-12-4-5-15(10-13(12)2)14(3)21-16(24)23-8-6-22(7-9-23)11-17(18,19)20/h4-5,10,14H,6-9,11H2,1-3H3,(H,21,24)/t14-/m1/s1. The van der Waals surface area contributed by atoms with Gasteiger partial charge in [-0.25, -0.2) is 4.79 Å². The van der Waals surface area contributed by atoms with E-state index in [1.54, 1.807) is 4.90 Å². The van der Waals surface area contributed by atoms with E-state index in [4.69, 9.17) is 0 Å². The van der Waals surface area contributed by atoms with Crippen LogP contribution in [0.25, 0.3) is 0 Å². The van der Waals surface area contributed by atoms with Gasteiger partial charge in [0, 0.05) is 26.2 Å². The van der Waals surface area contributed by atoms with Gasteiger partial charge < -0.3 is 10.2 Å². The number of aryl methyl sites for hydroxylation is 2. The normalized spacial score (nSPS) is 17.7. The Bertz CT molecular complexity index is 581. The van der Waals surface area contributed by atoms with Crippen LogP contribution < -0.4 is 5.32 Å². The highest BCUT2D eigenvalue weighted by Crippen LogP contribution is 2.19. The van der Waals surface area contributed by atoms with E-state index in [1.165, 1.54) is 10.5 Å². The second kappa shape index (κ2) is 7.42. The molecule has 2 rings (SSSR count). The first kappa shape index (κ1) is 18.6. The van der Waals surface area contributed by atoms with Gasteiger partial charge in [-0.2, -0.15) is 13.2 Å². The quantitative estimate of drug-likeness (QED) is 0.914. The first-order valence-electron chi connectivity index (χ1n) is 8.07. The molecule has 0 saturated carbocycles. The van der Waals surface area contributed by atoms with Gasteiger partial charge >= 0.3 is 12.2 Å². The maximum Gasteiger partial charge on any atom is 0.401 e. The van der Waals surface area contributed by atoms with Gasteiger partial charge in [-0.3, -0.25) is 4.90 Å². The highest BCUT2D eigenvalue weighted by Gasteiger charge is 2.33. The number of piperazine rings is 1. The highest BCUT2D eigenvalue weighted by molar-refractivity contribution is 5.74. The zero-order chi connectivity index (χ0) is 17.9. The predicted octanol–water partition coefficient (Wildman–Crippen LogP) is 3.25. The molecular formula is C17H24F3N3O. The first-order chi connectivity index (χ1) is 11.2. The van der Waals surface area contributed by atoms with Crippen molar-refractivity contribution in [1.29, 1.82) is 0 Å². The van der Waals surface area contributed by atoms with Crippen molar-refractivity contribution in [2.45, 2.75) is 33.0 Å². The molecule has 1 aromatic carbocycles. The minimum atomic E-state index is -4.19. The Labute approximate surface area is 140 Å². The lowest BCUT2D eigenvalue weighted by atomic mass is 10.0. The lowest BCUT2D eigenvalue weighted by Gasteiger charge is -2.35. The minimum Gasteiger partial charge on any atom is -0.331 e. The molecule has 1 saturated heterocycles. The summed E-state index contributed by atoms with van der Waals surface area (Å²) in [4.78, 5) is 15.2. The number of hydrogen-bond donors (Lipinski definition) is 1. The van der Waals surface area contributed by atoms with Gasteiger partial charge in [0.1, 0.15) is 0 Å². The van der Waals surface area contributed by atoms with Crippen LogP contribution in [0, 0.1) is 13.8 Å². The van der Waals surface area contributed by atoms with Gasteiger partial charge in [-0.15, -0.1) is 0 Å². The minimum absolute atomic E-state index is 0.148. The molecule has 0 aliphatic carbocycles. The topological polar surface area (TPSA) is 35.6 Å². The van der Waals surface area contributed by atoms with E-state index < -0.39 is 12.7 Å². The van der Waals surface area contributed by atoms with Crippen molar-refractivity contribution in [1.82, 2.24) is 15.1 Å². The summed E-state index contributed by atoms with van der Waals surface area (Å²) in [6.45, 7) is 6.14. The maximum absolute atomic E-state index is 12.4. The number of amides is 2. The van der Waals surface area contributed by atoms with Crippen LogP contribution in [-0.2, 0) is 0 Å². The largest absolute Gasteiger partial charge is 0.401 e. The Kier molecular flexibility index (Phi) is 5.74. The van der Waals surface area contributed by atoms with Crippen LogP contribution in [0.1, 0.15) is 29.7 Å². The Morgan fingerprint density at radius 3 is 2.33 bits per heavy atom. The van der Waals surface area contributed by atoms with Crippen molar-refractivity contribution >= 4 is 6.03 Å². The van der Waals surface area contributed by atoms with E-state index >= 15 is 0 Å². The molecule has 0 aromatic heterocycles. The highest BCUT2D eigenvalue weighted by atomic mass is 19.4. The molecule has 2 amide bonds. The summed E-state index contributed by atoms with van der Waals surface area (Å²) >= 11 is 0. The fourth-order valence-electron chi connectivity index (χ4n) is 2.76. The first-order valence-corrected chi connectivity index (χ1v) is 8.07. The molecule has 4 nitrogen and oxygen atoms in total. The van der Waals surface area contributed by atoms with Crippen molar-refractivity contribution in [3.8, 4) is 0 Å². The van der Waals surface area contributed by atoms with Crippen LogP contribution in [0.2, 0.25) is 0 Å². The van der Waals surface area contributed by atoms with E-state index in [9.17, 15) is 18.0 Å². The second-order valence-corrected chi connectivity index (χ2v) is 6.39. The molecule has 0 bridgehead atoms. The molecule has 1 aliphatic rings. The fraction of sp³-hybridized carbons (Fsp3) is 0.588. The average Bonchev–Trinajstić information content (AvgIpc) is 2.49. The molecule has 0 radical (unpaired) electrons. The third-order valence-electron chi connectivity index (χ3n) is 4.43. The van der Waals surface area contributed by atoms with Gasteiger partial charge in [-0.05, 0) is 37.5 Å². The van der Waals surface area contributed by atoms with Gasteiger partial charge in [0.05, 0.1) is 12.6 Å². The Balaban J connectivity index is 1.86. The van der Waals surface area contributed by atoms with Crippen molar-refractivity contribution in [2.75, 3.05) is 32.7 Å². The Morgan fingerprint density at radius 1 is 1.17 bits per heavy atom. The number of nitrogens with zero attached hydrogens (tertiary/aromatic N) is 2. The van der Waals surface area contributed by atoms with E-state index in [-0.39, 0.29) is 25.2 Å². The summed E-state index contributed by atoms with van der Waals surface area (Å²) in [7, 11) is 0. The van der Waals surface area contributed by atoms with Gasteiger partial charge in [0.2, 0.25) is 0 Å². The zero-order valence-electron chi connectivity index (χ0n) is 14.3. The van der Waals surface area contributed by atoms with Crippen molar-refractivity contribution < 1.29 is 18.0 Å². The van der Waals surface area contributed by atoms with Crippen molar-refractivity contribution in [3.63, 3.8) is 0 Å². The summed E-state index contributed by atoms with van der Waals surface area (Å²) in [5.41, 5.74) is 3.37. The van der Waals surface area contributed by atoms with E-state index in [0.29, 0.717) is 13.1 Å². The number of nitrogens with one attached hydrogen (secondary N) is 1. The smallest absolute Gasteiger partial charge is 0.331 e. The van der Waals surface area contributed by atoms with Gasteiger partial charge in [0.25, 0.3) is 0 Å². The average molecular weight is 343 g/mol. The number of alkyl halides is 3. The van der Waals surface area contributed by atoms with Crippen LogP contribution in [-0.4, -0.2) is 54.7 Å². The van der Waals surface area contributed by atoms with Crippen molar-refractivity contribution in [3.05, 3.63) is 34.9 Å². The summed E-state index contributed by atoms with van der Waals surface area (Å²) in [5, 5.41) is 2.92. The lowest BCUT2D eigenvalue weighted by molar-refractivity contribution is -0.148. The number of hydrogen-bond acceptors (Lipinski definition) is 2. The molecule has 1 aromatic rings. The summed E-state index contributed by atoms with van der Waals surface area (Å²) in [6, 6.07) is 5.66.